The van der Waals surface area contributed by atoms with Crippen molar-refractivity contribution in [1.82, 2.24) is 24.4 Å². The number of hydrogen-bond acceptors (Lipinski definition) is 4. The summed E-state index contributed by atoms with van der Waals surface area (Å²) in [7, 11) is 0. The number of halogens is 2. The molecule has 32 heavy (non-hydrogen) atoms. The molecule has 1 atom stereocenters. The Labute approximate surface area is 183 Å². The Balaban J connectivity index is 1.43. The van der Waals surface area contributed by atoms with Gasteiger partial charge < -0.3 is 5.73 Å². The van der Waals surface area contributed by atoms with Gasteiger partial charge >= 0.3 is 0 Å². The number of nitrogens with two attached hydrogens (primary N) is 1. The molecule has 0 fully saturated rings. The maximum atomic E-state index is 15.5. The number of benzene rings is 2. The highest BCUT2D eigenvalue weighted by molar-refractivity contribution is 5.75. The molecule has 0 saturated carbocycles. The predicted molar refractivity (Wildman–Crippen MR) is 119 cm³/mol. The van der Waals surface area contributed by atoms with Crippen molar-refractivity contribution in [2.75, 3.05) is 5.73 Å². The van der Waals surface area contributed by atoms with Crippen molar-refractivity contribution in [1.29, 1.82) is 0 Å². The van der Waals surface area contributed by atoms with Gasteiger partial charge in [-0.2, -0.15) is 10.1 Å². The lowest BCUT2D eigenvalue weighted by Gasteiger charge is -2.12. The monoisotopic (exact) mass is 430 g/mol. The highest BCUT2D eigenvalue weighted by Crippen LogP contribution is 2.31. The molecule has 5 rings (SSSR count). The molecule has 0 amide bonds. The maximum absolute atomic E-state index is 15.5. The molecule has 160 valence electrons. The number of rotatable bonds is 5. The topological polar surface area (TPSA) is 74.0 Å². The maximum Gasteiger partial charge on any atom is 0.240 e. The molecule has 0 aliphatic carbocycles. The second kappa shape index (κ2) is 7.88. The van der Waals surface area contributed by atoms with E-state index in [1.165, 1.54) is 12.1 Å². The SMILES string of the molecule is CC(Cn1cc(-c2cccc(-c3ccn4nc(N)nc4c3)c2F)cn1)c1ccc(F)cc1. The fourth-order valence-electron chi connectivity index (χ4n) is 3.82. The number of anilines is 1. The van der Waals surface area contributed by atoms with Crippen LogP contribution in [0, 0.1) is 11.6 Å². The molecule has 2 N–H and O–H groups in total. The molecule has 5 aromatic rings. The molecule has 0 bridgehead atoms. The van der Waals surface area contributed by atoms with Crippen LogP contribution in [0.2, 0.25) is 0 Å². The van der Waals surface area contributed by atoms with E-state index < -0.39 is 0 Å². The van der Waals surface area contributed by atoms with Crippen molar-refractivity contribution >= 4 is 11.6 Å². The Hall–Kier alpha value is -4.07. The van der Waals surface area contributed by atoms with Gasteiger partial charge in [0, 0.05) is 41.5 Å². The van der Waals surface area contributed by atoms with Crippen LogP contribution < -0.4 is 5.73 Å². The third kappa shape index (κ3) is 3.71. The predicted octanol–water partition coefficient (Wildman–Crippen LogP) is 4.92. The van der Waals surface area contributed by atoms with Gasteiger partial charge in [-0.25, -0.2) is 13.3 Å². The minimum absolute atomic E-state index is 0.127. The summed E-state index contributed by atoms with van der Waals surface area (Å²) in [5.41, 5.74) is 9.50. The van der Waals surface area contributed by atoms with E-state index in [0.29, 0.717) is 34.4 Å². The number of nitrogen functional groups attached to an aromatic ring is 1. The van der Waals surface area contributed by atoms with E-state index >= 15 is 4.39 Å². The van der Waals surface area contributed by atoms with Crippen LogP contribution in [-0.2, 0) is 6.54 Å². The molecule has 0 aliphatic rings. The summed E-state index contributed by atoms with van der Waals surface area (Å²) in [5, 5.41) is 8.45. The second-order valence-electron chi connectivity index (χ2n) is 7.76. The van der Waals surface area contributed by atoms with Gasteiger partial charge in [0.05, 0.1) is 6.20 Å². The van der Waals surface area contributed by atoms with Gasteiger partial charge in [0.15, 0.2) is 5.65 Å². The highest BCUT2D eigenvalue weighted by atomic mass is 19.1. The van der Waals surface area contributed by atoms with Crippen LogP contribution in [0.3, 0.4) is 0 Å². The Morgan fingerprint density at radius 2 is 1.75 bits per heavy atom. The lowest BCUT2D eigenvalue weighted by Crippen LogP contribution is -2.06. The van der Waals surface area contributed by atoms with Crippen molar-refractivity contribution in [2.24, 2.45) is 0 Å². The molecule has 0 saturated heterocycles. The van der Waals surface area contributed by atoms with E-state index in [0.717, 1.165) is 5.56 Å². The zero-order valence-corrected chi connectivity index (χ0v) is 17.3. The first-order valence-corrected chi connectivity index (χ1v) is 10.2. The molecule has 3 aromatic heterocycles. The Kier molecular flexibility index (Phi) is 4.89. The Bertz CT molecular complexity index is 1400. The molecule has 3 heterocycles. The minimum atomic E-state index is -0.338. The first kappa shape index (κ1) is 19.9. The van der Waals surface area contributed by atoms with E-state index in [4.69, 9.17) is 5.73 Å². The van der Waals surface area contributed by atoms with Crippen LogP contribution in [0.4, 0.5) is 14.7 Å². The highest BCUT2D eigenvalue weighted by Gasteiger charge is 2.15. The number of hydrogen-bond donors (Lipinski definition) is 1. The van der Waals surface area contributed by atoms with Crippen molar-refractivity contribution < 1.29 is 8.78 Å². The second-order valence-corrected chi connectivity index (χ2v) is 7.76. The number of nitrogens with zero attached hydrogens (tertiary/aromatic N) is 5. The summed E-state index contributed by atoms with van der Waals surface area (Å²) < 4.78 is 32.0. The smallest absolute Gasteiger partial charge is 0.240 e. The number of fused-ring (bicyclic) bond motifs is 1. The molecule has 6 nitrogen and oxygen atoms in total. The van der Waals surface area contributed by atoms with E-state index in [1.807, 2.05) is 19.2 Å². The molecule has 0 aliphatic heterocycles. The van der Waals surface area contributed by atoms with Crippen molar-refractivity contribution in [3.05, 3.63) is 90.4 Å². The molecule has 1 unspecified atom stereocenters. The first-order valence-electron chi connectivity index (χ1n) is 10.2. The van der Waals surface area contributed by atoms with Gasteiger partial charge in [0.25, 0.3) is 0 Å². The number of pyridine rings is 1. The summed E-state index contributed by atoms with van der Waals surface area (Å²) in [5.74, 6) is -0.305. The van der Waals surface area contributed by atoms with Gasteiger partial charge in [0.1, 0.15) is 11.6 Å². The summed E-state index contributed by atoms with van der Waals surface area (Å²) in [6, 6.07) is 15.2. The normalized spacial score (nSPS) is 12.3. The molecular formula is C24H20F2N6. The van der Waals surface area contributed by atoms with Crippen LogP contribution in [-0.4, -0.2) is 24.4 Å². The molecule has 0 spiro atoms. The average Bonchev–Trinajstić information content (AvgIpc) is 3.39. The minimum Gasteiger partial charge on any atom is -0.366 e. The lowest BCUT2D eigenvalue weighted by atomic mass is 10.00. The molecule has 0 radical (unpaired) electrons. The Morgan fingerprint density at radius 3 is 2.53 bits per heavy atom. The van der Waals surface area contributed by atoms with Crippen LogP contribution >= 0.6 is 0 Å². The van der Waals surface area contributed by atoms with E-state index in [2.05, 4.69) is 15.2 Å². The molecule has 8 heteroatoms. The average molecular weight is 430 g/mol. The fourth-order valence-corrected chi connectivity index (χ4v) is 3.82. The van der Waals surface area contributed by atoms with Crippen LogP contribution in [0.5, 0.6) is 0 Å². The zero-order valence-electron chi connectivity index (χ0n) is 17.3. The summed E-state index contributed by atoms with van der Waals surface area (Å²) in [6.45, 7) is 2.64. The van der Waals surface area contributed by atoms with Crippen molar-refractivity contribution in [3.63, 3.8) is 0 Å². The van der Waals surface area contributed by atoms with E-state index in [1.54, 1.807) is 58.0 Å². The van der Waals surface area contributed by atoms with E-state index in [-0.39, 0.29) is 23.5 Å². The van der Waals surface area contributed by atoms with Gasteiger partial charge in [-0.3, -0.25) is 4.68 Å². The first-order chi connectivity index (χ1) is 15.5. The van der Waals surface area contributed by atoms with Crippen molar-refractivity contribution in [2.45, 2.75) is 19.4 Å². The van der Waals surface area contributed by atoms with Gasteiger partial charge in [0.2, 0.25) is 5.95 Å². The summed E-state index contributed by atoms with van der Waals surface area (Å²) in [4.78, 5) is 4.14. The van der Waals surface area contributed by atoms with Crippen LogP contribution in [0.15, 0.2) is 73.2 Å². The Morgan fingerprint density at radius 1 is 1.00 bits per heavy atom. The zero-order chi connectivity index (χ0) is 22.2. The van der Waals surface area contributed by atoms with E-state index in [9.17, 15) is 4.39 Å². The molecular weight excluding hydrogens is 410 g/mol. The van der Waals surface area contributed by atoms with Crippen LogP contribution in [0.1, 0.15) is 18.4 Å². The third-order valence-electron chi connectivity index (χ3n) is 5.51. The lowest BCUT2D eigenvalue weighted by molar-refractivity contribution is 0.542. The summed E-state index contributed by atoms with van der Waals surface area (Å²) >= 11 is 0. The molecule has 2 aromatic carbocycles. The van der Waals surface area contributed by atoms with Gasteiger partial charge in [-0.15, -0.1) is 5.10 Å². The fraction of sp³-hybridized carbons (Fsp3) is 0.125. The number of aromatic nitrogens is 5. The third-order valence-corrected chi connectivity index (χ3v) is 5.51. The summed E-state index contributed by atoms with van der Waals surface area (Å²) in [6.07, 6.45) is 5.18. The quantitative estimate of drug-likeness (QED) is 0.429. The van der Waals surface area contributed by atoms with Crippen molar-refractivity contribution in [3.8, 4) is 22.3 Å². The van der Waals surface area contributed by atoms with Gasteiger partial charge in [-0.1, -0.05) is 37.3 Å². The van der Waals surface area contributed by atoms with Crippen LogP contribution in [0.25, 0.3) is 27.9 Å². The standard InChI is InChI=1S/C24H20F2N6/c1-15(16-5-7-19(25)8-6-16)13-31-14-18(12-28-31)21-4-2-3-20(23(21)26)17-9-10-32-22(11-17)29-24(27)30-32/h2-12,14-15H,13H2,1H3,(H2,27,30). The largest absolute Gasteiger partial charge is 0.366 e. The van der Waals surface area contributed by atoms with Gasteiger partial charge in [-0.05, 0) is 35.4 Å².